The molecule has 0 spiro atoms. The molecule has 0 saturated carbocycles. The lowest BCUT2D eigenvalue weighted by molar-refractivity contribution is -0.139. The highest BCUT2D eigenvalue weighted by Crippen LogP contribution is 2.22. The number of hydrogen-bond donors (Lipinski definition) is 2. The van der Waals surface area contributed by atoms with Crippen molar-refractivity contribution < 1.29 is 13.2 Å². The first-order chi connectivity index (χ1) is 9.22. The van der Waals surface area contributed by atoms with Gasteiger partial charge in [-0.25, -0.2) is 13.1 Å². The smallest absolute Gasteiger partial charge is 0.227 e. The third-order valence-electron chi connectivity index (χ3n) is 3.93. The van der Waals surface area contributed by atoms with Gasteiger partial charge in [-0.1, -0.05) is 6.92 Å². The second-order valence-electron chi connectivity index (χ2n) is 5.78. The first-order valence-corrected chi connectivity index (χ1v) is 9.12. The summed E-state index contributed by atoms with van der Waals surface area (Å²) in [7, 11) is -3.17. The minimum atomic E-state index is -3.17. The summed E-state index contributed by atoms with van der Waals surface area (Å²) in [6.07, 6.45) is 4.83. The van der Waals surface area contributed by atoms with Gasteiger partial charge in [-0.05, 0) is 32.6 Å². The normalized spacial score (nSPS) is 23.4. The van der Waals surface area contributed by atoms with E-state index in [1.165, 1.54) is 0 Å². The summed E-state index contributed by atoms with van der Waals surface area (Å²) >= 11 is 0. The van der Waals surface area contributed by atoms with Crippen LogP contribution in [0.5, 0.6) is 0 Å². The number of nitrogens with two attached hydrogens (primary N) is 1. The van der Waals surface area contributed by atoms with Crippen molar-refractivity contribution in [3.63, 3.8) is 0 Å². The molecule has 1 aliphatic rings. The summed E-state index contributed by atoms with van der Waals surface area (Å²) < 4.78 is 24.6. The molecule has 1 heterocycles. The maximum absolute atomic E-state index is 12.4. The fourth-order valence-corrected chi connectivity index (χ4v) is 2.98. The quantitative estimate of drug-likeness (QED) is 0.737. The summed E-state index contributed by atoms with van der Waals surface area (Å²) in [6.45, 7) is 4.82. The molecule has 0 bridgehead atoms. The SMILES string of the molecule is CC(N)C(C)C(=O)N1CCCCC1CCNS(C)(=O)=O. The minimum Gasteiger partial charge on any atom is -0.339 e. The van der Waals surface area contributed by atoms with Gasteiger partial charge in [0, 0.05) is 25.2 Å². The molecule has 6 nitrogen and oxygen atoms in total. The van der Waals surface area contributed by atoms with Crippen LogP contribution in [0.1, 0.15) is 39.5 Å². The summed E-state index contributed by atoms with van der Waals surface area (Å²) in [6, 6.07) is -0.0501. The number of sulfonamides is 1. The molecule has 1 rings (SSSR count). The molecule has 3 unspecified atom stereocenters. The van der Waals surface area contributed by atoms with Crippen molar-refractivity contribution >= 4 is 15.9 Å². The van der Waals surface area contributed by atoms with Crippen LogP contribution in [-0.2, 0) is 14.8 Å². The third-order valence-corrected chi connectivity index (χ3v) is 4.66. The predicted molar refractivity (Wildman–Crippen MR) is 79.6 cm³/mol. The topological polar surface area (TPSA) is 92.5 Å². The zero-order valence-corrected chi connectivity index (χ0v) is 13.4. The Hall–Kier alpha value is -0.660. The summed E-state index contributed by atoms with van der Waals surface area (Å²) in [5.74, 6) is -0.109. The van der Waals surface area contributed by atoms with E-state index in [1.807, 2.05) is 18.7 Å². The Kier molecular flexibility index (Phi) is 6.42. The van der Waals surface area contributed by atoms with E-state index in [4.69, 9.17) is 5.73 Å². The predicted octanol–water partition coefficient (Wildman–Crippen LogP) is 0.290. The number of hydrogen-bond acceptors (Lipinski definition) is 4. The van der Waals surface area contributed by atoms with Crippen molar-refractivity contribution in [1.82, 2.24) is 9.62 Å². The third kappa shape index (κ3) is 5.38. The molecule has 7 heteroatoms. The monoisotopic (exact) mass is 305 g/mol. The molecule has 3 atom stereocenters. The number of likely N-dealkylation sites (tertiary alicyclic amines) is 1. The number of nitrogens with one attached hydrogen (secondary N) is 1. The first-order valence-electron chi connectivity index (χ1n) is 7.23. The van der Waals surface area contributed by atoms with Crippen LogP contribution in [-0.4, -0.2) is 50.7 Å². The average Bonchev–Trinajstić information content (AvgIpc) is 2.36. The Balaban J connectivity index is 2.60. The van der Waals surface area contributed by atoms with Crippen LogP contribution in [0.3, 0.4) is 0 Å². The van der Waals surface area contributed by atoms with E-state index in [-0.39, 0.29) is 23.9 Å². The Morgan fingerprint density at radius 2 is 2.05 bits per heavy atom. The number of nitrogens with zero attached hydrogens (tertiary/aromatic N) is 1. The van der Waals surface area contributed by atoms with Crippen LogP contribution >= 0.6 is 0 Å². The van der Waals surface area contributed by atoms with Gasteiger partial charge in [-0.3, -0.25) is 4.79 Å². The van der Waals surface area contributed by atoms with Gasteiger partial charge >= 0.3 is 0 Å². The molecule has 1 fully saturated rings. The van der Waals surface area contributed by atoms with Crippen LogP contribution in [0.15, 0.2) is 0 Å². The zero-order valence-electron chi connectivity index (χ0n) is 12.6. The van der Waals surface area contributed by atoms with Crippen LogP contribution in [0.2, 0.25) is 0 Å². The van der Waals surface area contributed by atoms with Crippen molar-refractivity contribution in [2.45, 2.75) is 51.6 Å². The van der Waals surface area contributed by atoms with E-state index in [1.54, 1.807) is 0 Å². The number of carbonyl (C=O) groups is 1. The molecule has 3 N–H and O–H groups in total. The highest BCUT2D eigenvalue weighted by Gasteiger charge is 2.30. The van der Waals surface area contributed by atoms with Crippen molar-refractivity contribution in [2.75, 3.05) is 19.3 Å². The summed E-state index contributed by atoms with van der Waals surface area (Å²) in [5.41, 5.74) is 5.81. The molecule has 0 aromatic rings. The standard InChI is InChI=1S/C13H27N3O3S/c1-10(11(2)14)13(17)16-9-5-4-6-12(16)7-8-15-20(3,18)19/h10-12,15H,4-9,14H2,1-3H3. The van der Waals surface area contributed by atoms with Crippen molar-refractivity contribution in [3.8, 4) is 0 Å². The van der Waals surface area contributed by atoms with E-state index in [0.717, 1.165) is 32.1 Å². The van der Waals surface area contributed by atoms with E-state index < -0.39 is 10.0 Å². The highest BCUT2D eigenvalue weighted by atomic mass is 32.2. The van der Waals surface area contributed by atoms with Gasteiger partial charge in [0.2, 0.25) is 15.9 Å². The first kappa shape index (κ1) is 17.4. The number of amides is 1. The summed E-state index contributed by atoms with van der Waals surface area (Å²) in [5, 5.41) is 0. The zero-order chi connectivity index (χ0) is 15.3. The molecule has 1 saturated heterocycles. The fraction of sp³-hybridized carbons (Fsp3) is 0.923. The van der Waals surface area contributed by atoms with E-state index >= 15 is 0 Å². The lowest BCUT2D eigenvalue weighted by Crippen LogP contribution is -2.49. The second kappa shape index (κ2) is 7.38. The number of carbonyl (C=O) groups excluding carboxylic acids is 1. The Morgan fingerprint density at radius 3 is 2.60 bits per heavy atom. The number of piperidine rings is 1. The molecule has 0 aromatic heterocycles. The molecule has 0 radical (unpaired) electrons. The maximum Gasteiger partial charge on any atom is 0.227 e. The van der Waals surface area contributed by atoms with Gasteiger partial charge in [0.05, 0.1) is 12.2 Å². The van der Waals surface area contributed by atoms with Crippen LogP contribution in [0.25, 0.3) is 0 Å². The Bertz CT molecular complexity index is 423. The van der Waals surface area contributed by atoms with Gasteiger partial charge in [0.15, 0.2) is 0 Å². The Morgan fingerprint density at radius 1 is 1.40 bits per heavy atom. The van der Waals surface area contributed by atoms with Crippen molar-refractivity contribution in [2.24, 2.45) is 11.7 Å². The number of rotatable bonds is 6. The molecular formula is C13H27N3O3S. The van der Waals surface area contributed by atoms with E-state index in [9.17, 15) is 13.2 Å². The van der Waals surface area contributed by atoms with Gasteiger partial charge in [0.25, 0.3) is 0 Å². The van der Waals surface area contributed by atoms with Gasteiger partial charge < -0.3 is 10.6 Å². The molecule has 0 aliphatic carbocycles. The highest BCUT2D eigenvalue weighted by molar-refractivity contribution is 7.88. The van der Waals surface area contributed by atoms with Crippen molar-refractivity contribution in [3.05, 3.63) is 0 Å². The van der Waals surface area contributed by atoms with E-state index in [0.29, 0.717) is 13.0 Å². The van der Waals surface area contributed by atoms with Crippen molar-refractivity contribution in [1.29, 1.82) is 0 Å². The van der Waals surface area contributed by atoms with Gasteiger partial charge in [-0.15, -0.1) is 0 Å². The lowest BCUT2D eigenvalue weighted by Gasteiger charge is -2.38. The average molecular weight is 305 g/mol. The minimum absolute atomic E-state index is 0.0871. The van der Waals surface area contributed by atoms with Crippen LogP contribution in [0, 0.1) is 5.92 Å². The molecule has 1 aliphatic heterocycles. The molecular weight excluding hydrogens is 278 g/mol. The molecule has 20 heavy (non-hydrogen) atoms. The van der Waals surface area contributed by atoms with E-state index in [2.05, 4.69) is 4.72 Å². The van der Waals surface area contributed by atoms with Crippen LogP contribution in [0.4, 0.5) is 0 Å². The Labute approximate surface area is 122 Å². The molecule has 0 aromatic carbocycles. The lowest BCUT2D eigenvalue weighted by atomic mass is 9.95. The largest absolute Gasteiger partial charge is 0.339 e. The van der Waals surface area contributed by atoms with Gasteiger partial charge in [-0.2, -0.15) is 0 Å². The summed E-state index contributed by atoms with van der Waals surface area (Å²) in [4.78, 5) is 14.3. The fourth-order valence-electron chi connectivity index (χ4n) is 2.49. The molecule has 1 amide bonds. The van der Waals surface area contributed by atoms with Gasteiger partial charge in [0.1, 0.15) is 0 Å². The second-order valence-corrected chi connectivity index (χ2v) is 7.62. The molecule has 118 valence electrons. The maximum atomic E-state index is 12.4. The van der Waals surface area contributed by atoms with Crippen LogP contribution < -0.4 is 10.5 Å².